The summed E-state index contributed by atoms with van der Waals surface area (Å²) in [5, 5.41) is 2.73. The highest BCUT2D eigenvalue weighted by Crippen LogP contribution is 2.15. The number of rotatable bonds is 5. The van der Waals surface area contributed by atoms with E-state index in [1.807, 2.05) is 35.0 Å². The second kappa shape index (κ2) is 6.43. The molecule has 0 atom stereocenters. The van der Waals surface area contributed by atoms with Crippen LogP contribution in [0, 0.1) is 0 Å². The summed E-state index contributed by atoms with van der Waals surface area (Å²) in [6.07, 6.45) is 3.70. The second-order valence-electron chi connectivity index (χ2n) is 4.78. The normalized spacial score (nSPS) is 10.9. The number of hydrogen-bond donors (Lipinski definition) is 1. The van der Waals surface area contributed by atoms with Crippen LogP contribution in [0.25, 0.3) is 5.65 Å². The number of amides is 1. The van der Waals surface area contributed by atoms with E-state index in [1.54, 1.807) is 0 Å². The van der Waals surface area contributed by atoms with Crippen molar-refractivity contribution in [1.82, 2.24) is 14.7 Å². The third-order valence-corrected chi connectivity index (χ3v) is 3.19. The number of carbonyl (C=O) groups excluding carboxylic acids is 1. The van der Waals surface area contributed by atoms with Crippen LogP contribution in [0.1, 0.15) is 16.1 Å². The number of carbonyl (C=O) groups is 1. The lowest BCUT2D eigenvalue weighted by Crippen LogP contribution is -2.22. The third-order valence-electron chi connectivity index (χ3n) is 3.19. The Kier molecular flexibility index (Phi) is 4.18. The summed E-state index contributed by atoms with van der Waals surface area (Å²) in [6, 6.07) is 11.1. The van der Waals surface area contributed by atoms with Gasteiger partial charge < -0.3 is 14.5 Å². The van der Waals surface area contributed by atoms with Crippen LogP contribution in [0.3, 0.4) is 0 Å². The van der Waals surface area contributed by atoms with E-state index in [2.05, 4.69) is 15.0 Å². The molecule has 2 aromatic heterocycles. The maximum Gasteiger partial charge on any atom is 0.387 e. The van der Waals surface area contributed by atoms with Crippen LogP contribution in [0.2, 0.25) is 0 Å². The number of benzene rings is 1. The molecular formula is C16H13F2N3O2. The third kappa shape index (κ3) is 3.63. The average Bonchev–Trinajstić information content (AvgIpc) is 2.95. The molecule has 0 spiro atoms. The fourth-order valence-corrected chi connectivity index (χ4v) is 2.13. The van der Waals surface area contributed by atoms with Crippen LogP contribution in [-0.4, -0.2) is 21.9 Å². The van der Waals surface area contributed by atoms with Gasteiger partial charge in [-0.25, -0.2) is 4.98 Å². The first-order valence-corrected chi connectivity index (χ1v) is 6.87. The Balaban J connectivity index is 1.62. The Morgan fingerprint density at radius 3 is 2.70 bits per heavy atom. The average molecular weight is 317 g/mol. The molecule has 1 aromatic carbocycles. The number of imidazole rings is 1. The highest BCUT2D eigenvalue weighted by molar-refractivity contribution is 5.94. The summed E-state index contributed by atoms with van der Waals surface area (Å²) in [7, 11) is 0. The molecule has 5 nitrogen and oxygen atoms in total. The largest absolute Gasteiger partial charge is 0.435 e. The molecule has 0 saturated heterocycles. The second-order valence-corrected chi connectivity index (χ2v) is 4.78. The molecule has 23 heavy (non-hydrogen) atoms. The van der Waals surface area contributed by atoms with Gasteiger partial charge in [0.1, 0.15) is 11.4 Å². The van der Waals surface area contributed by atoms with E-state index in [9.17, 15) is 13.6 Å². The fourth-order valence-electron chi connectivity index (χ4n) is 2.13. The van der Waals surface area contributed by atoms with Crippen LogP contribution < -0.4 is 10.1 Å². The van der Waals surface area contributed by atoms with Gasteiger partial charge in [-0.05, 0) is 36.4 Å². The Morgan fingerprint density at radius 2 is 2.00 bits per heavy atom. The van der Waals surface area contributed by atoms with Crippen LogP contribution in [0.15, 0.2) is 54.9 Å². The van der Waals surface area contributed by atoms with Crippen molar-refractivity contribution in [3.05, 3.63) is 66.1 Å². The van der Waals surface area contributed by atoms with Crippen molar-refractivity contribution in [3.63, 3.8) is 0 Å². The van der Waals surface area contributed by atoms with E-state index in [1.165, 1.54) is 24.3 Å². The van der Waals surface area contributed by atoms with Crippen LogP contribution >= 0.6 is 0 Å². The predicted molar refractivity (Wildman–Crippen MR) is 79.4 cm³/mol. The summed E-state index contributed by atoms with van der Waals surface area (Å²) in [6.45, 7) is -2.61. The van der Waals surface area contributed by atoms with Crippen molar-refractivity contribution in [2.75, 3.05) is 0 Å². The van der Waals surface area contributed by atoms with Crippen LogP contribution in [-0.2, 0) is 6.54 Å². The molecule has 1 amide bonds. The van der Waals surface area contributed by atoms with Crippen molar-refractivity contribution in [2.24, 2.45) is 0 Å². The minimum Gasteiger partial charge on any atom is -0.435 e. The number of ether oxygens (including phenoxy) is 1. The van der Waals surface area contributed by atoms with Crippen molar-refractivity contribution >= 4 is 11.6 Å². The molecule has 2 heterocycles. The number of hydrogen-bond acceptors (Lipinski definition) is 3. The molecule has 0 unspecified atom stereocenters. The van der Waals surface area contributed by atoms with Gasteiger partial charge in [-0.1, -0.05) is 6.07 Å². The molecule has 118 valence electrons. The van der Waals surface area contributed by atoms with Gasteiger partial charge in [0, 0.05) is 18.0 Å². The zero-order valence-corrected chi connectivity index (χ0v) is 11.9. The quantitative estimate of drug-likeness (QED) is 0.787. The molecule has 0 aliphatic heterocycles. The lowest BCUT2D eigenvalue weighted by molar-refractivity contribution is -0.0498. The Hall–Kier alpha value is -2.96. The summed E-state index contributed by atoms with van der Waals surface area (Å²) >= 11 is 0. The van der Waals surface area contributed by atoms with Crippen LogP contribution in [0.4, 0.5) is 8.78 Å². The Morgan fingerprint density at radius 1 is 1.22 bits per heavy atom. The maximum absolute atomic E-state index is 12.1. The maximum atomic E-state index is 12.1. The fraction of sp³-hybridized carbons (Fsp3) is 0.125. The van der Waals surface area contributed by atoms with Gasteiger partial charge >= 0.3 is 6.61 Å². The topological polar surface area (TPSA) is 55.6 Å². The van der Waals surface area contributed by atoms with Gasteiger partial charge in [0.25, 0.3) is 5.91 Å². The SMILES string of the molecule is O=C(NCc1cn2ccccc2n1)c1ccc(OC(F)F)cc1. The Labute approximate surface area is 130 Å². The highest BCUT2D eigenvalue weighted by Gasteiger charge is 2.09. The summed E-state index contributed by atoms with van der Waals surface area (Å²) in [5.41, 5.74) is 1.88. The highest BCUT2D eigenvalue weighted by atomic mass is 19.3. The van der Waals surface area contributed by atoms with E-state index in [0.717, 1.165) is 11.3 Å². The van der Waals surface area contributed by atoms with Gasteiger partial charge in [0.2, 0.25) is 0 Å². The van der Waals surface area contributed by atoms with E-state index in [-0.39, 0.29) is 18.2 Å². The van der Waals surface area contributed by atoms with Crippen molar-refractivity contribution in [1.29, 1.82) is 0 Å². The monoisotopic (exact) mass is 317 g/mol. The molecule has 7 heteroatoms. The Bertz CT molecular complexity index is 783. The molecule has 3 aromatic rings. The number of fused-ring (bicyclic) bond motifs is 1. The van der Waals surface area contributed by atoms with Crippen molar-refractivity contribution < 1.29 is 18.3 Å². The predicted octanol–water partition coefficient (Wildman–Crippen LogP) is 2.87. The lowest BCUT2D eigenvalue weighted by Gasteiger charge is -2.06. The molecule has 0 aliphatic carbocycles. The molecule has 0 saturated carbocycles. The van der Waals surface area contributed by atoms with Gasteiger partial charge in [0.05, 0.1) is 12.2 Å². The molecule has 0 radical (unpaired) electrons. The number of nitrogens with zero attached hydrogens (tertiary/aromatic N) is 2. The molecule has 3 rings (SSSR count). The molecule has 0 fully saturated rings. The summed E-state index contributed by atoms with van der Waals surface area (Å²) in [4.78, 5) is 16.4. The zero-order valence-electron chi connectivity index (χ0n) is 11.9. The smallest absolute Gasteiger partial charge is 0.387 e. The first-order valence-electron chi connectivity index (χ1n) is 6.87. The number of nitrogens with one attached hydrogen (secondary N) is 1. The molecule has 0 aliphatic rings. The first kappa shape index (κ1) is 15.0. The van der Waals surface area contributed by atoms with Gasteiger partial charge in [-0.2, -0.15) is 8.78 Å². The van der Waals surface area contributed by atoms with Crippen molar-refractivity contribution in [2.45, 2.75) is 13.2 Å². The van der Waals surface area contributed by atoms with Crippen molar-refractivity contribution in [3.8, 4) is 5.75 Å². The number of halogens is 2. The zero-order chi connectivity index (χ0) is 16.2. The van der Waals surface area contributed by atoms with E-state index in [4.69, 9.17) is 0 Å². The van der Waals surface area contributed by atoms with Gasteiger partial charge in [-0.3, -0.25) is 4.79 Å². The number of aromatic nitrogens is 2. The van der Waals surface area contributed by atoms with E-state index in [0.29, 0.717) is 5.56 Å². The van der Waals surface area contributed by atoms with Crippen LogP contribution in [0.5, 0.6) is 5.75 Å². The summed E-state index contributed by atoms with van der Waals surface area (Å²) < 4.78 is 30.2. The number of alkyl halides is 2. The standard InChI is InChI=1S/C16H13F2N3O2/c17-16(18)23-13-6-4-11(5-7-13)15(22)19-9-12-10-21-8-2-1-3-14(21)20-12/h1-8,10,16H,9H2,(H,19,22). The van der Waals surface area contributed by atoms with E-state index < -0.39 is 6.61 Å². The van der Waals surface area contributed by atoms with E-state index >= 15 is 0 Å². The molecule has 1 N–H and O–H groups in total. The number of pyridine rings is 1. The van der Waals surface area contributed by atoms with Gasteiger partial charge in [-0.15, -0.1) is 0 Å². The minimum absolute atomic E-state index is 0.0110. The summed E-state index contributed by atoms with van der Waals surface area (Å²) in [5.74, 6) is -0.303. The lowest BCUT2D eigenvalue weighted by atomic mass is 10.2. The molecular weight excluding hydrogens is 304 g/mol. The molecule has 0 bridgehead atoms. The van der Waals surface area contributed by atoms with Gasteiger partial charge in [0.15, 0.2) is 0 Å². The minimum atomic E-state index is -2.88. The first-order chi connectivity index (χ1) is 11.1.